The van der Waals surface area contributed by atoms with E-state index in [-0.39, 0.29) is 24.2 Å². The summed E-state index contributed by atoms with van der Waals surface area (Å²) >= 11 is 5.68. The number of H-pyrrole nitrogens is 1. The summed E-state index contributed by atoms with van der Waals surface area (Å²) in [5, 5.41) is 11.6. The van der Waals surface area contributed by atoms with Gasteiger partial charge in [0.1, 0.15) is 17.0 Å². The standard InChI is InChI=1S/C27H23N5O3S/c1-15-3-7-19-17(11-15)5-6-18-12-16(2)4-8-20(18)24(19)21-14-32(27(35)31-25(21)36)22-9-10-28-26(30-22)29-13-23(33)34/h3-12,14,24H,13H2,1-2H3,(H,33,34)(H,28,29,30)(H,31,35,36). The number of benzene rings is 2. The molecule has 1 aliphatic rings. The van der Waals surface area contributed by atoms with Gasteiger partial charge in [0.15, 0.2) is 0 Å². The molecule has 2 aromatic heterocycles. The minimum Gasteiger partial charge on any atom is -0.480 e. The Morgan fingerprint density at radius 2 is 1.69 bits per heavy atom. The molecule has 1 aliphatic carbocycles. The Morgan fingerprint density at radius 1 is 1.06 bits per heavy atom. The number of carbonyl (C=O) groups is 1. The molecule has 3 N–H and O–H groups in total. The van der Waals surface area contributed by atoms with Gasteiger partial charge in [0.2, 0.25) is 5.95 Å². The van der Waals surface area contributed by atoms with Crippen molar-refractivity contribution in [3.05, 3.63) is 109 Å². The van der Waals surface area contributed by atoms with Gasteiger partial charge in [-0.3, -0.25) is 14.3 Å². The van der Waals surface area contributed by atoms with Crippen LogP contribution in [0.25, 0.3) is 18.0 Å². The highest BCUT2D eigenvalue weighted by atomic mass is 32.1. The van der Waals surface area contributed by atoms with Crippen LogP contribution in [0.4, 0.5) is 5.95 Å². The lowest BCUT2D eigenvalue weighted by atomic mass is 9.83. The first-order valence-corrected chi connectivity index (χ1v) is 11.7. The smallest absolute Gasteiger partial charge is 0.332 e. The van der Waals surface area contributed by atoms with Crippen LogP contribution in [-0.2, 0) is 4.79 Å². The van der Waals surface area contributed by atoms with Crippen LogP contribution in [0.1, 0.15) is 44.9 Å². The SMILES string of the molecule is Cc1ccc2c(c1)C=Cc1cc(C)ccc1C2c1cn(-c2ccnc(NCC(=O)O)n2)c(=O)[nH]c1=S. The fraction of sp³-hybridized carbons (Fsp3) is 0.148. The van der Waals surface area contributed by atoms with E-state index in [0.29, 0.717) is 4.64 Å². The number of aliphatic carboxylic acids is 1. The number of aromatic amines is 1. The van der Waals surface area contributed by atoms with E-state index in [2.05, 4.69) is 82.7 Å². The van der Waals surface area contributed by atoms with E-state index in [1.807, 2.05) is 0 Å². The number of carboxylic acids is 1. The predicted molar refractivity (Wildman–Crippen MR) is 141 cm³/mol. The largest absolute Gasteiger partial charge is 0.480 e. The van der Waals surface area contributed by atoms with Gasteiger partial charge in [0.05, 0.1) is 0 Å². The predicted octanol–water partition coefficient (Wildman–Crippen LogP) is 4.46. The number of carboxylic acid groups (broad SMARTS) is 1. The molecule has 0 saturated carbocycles. The second-order valence-electron chi connectivity index (χ2n) is 8.73. The summed E-state index contributed by atoms with van der Waals surface area (Å²) in [6, 6.07) is 14.2. The van der Waals surface area contributed by atoms with E-state index >= 15 is 0 Å². The van der Waals surface area contributed by atoms with Gasteiger partial charge in [-0.25, -0.2) is 9.78 Å². The molecule has 0 atom stereocenters. The first-order valence-electron chi connectivity index (χ1n) is 11.3. The summed E-state index contributed by atoms with van der Waals surface area (Å²) < 4.78 is 1.72. The number of hydrogen-bond donors (Lipinski definition) is 3. The molecule has 36 heavy (non-hydrogen) atoms. The number of fused-ring (bicyclic) bond motifs is 2. The van der Waals surface area contributed by atoms with E-state index in [0.717, 1.165) is 38.9 Å². The number of aryl methyl sites for hydroxylation is 2. The number of aromatic nitrogens is 4. The molecule has 0 spiro atoms. The summed E-state index contributed by atoms with van der Waals surface area (Å²) in [7, 11) is 0. The van der Waals surface area contributed by atoms with E-state index in [9.17, 15) is 9.59 Å². The van der Waals surface area contributed by atoms with Crippen LogP contribution in [0.15, 0.2) is 59.7 Å². The van der Waals surface area contributed by atoms with Crippen LogP contribution in [0.5, 0.6) is 0 Å². The summed E-state index contributed by atoms with van der Waals surface area (Å²) in [4.78, 5) is 35.1. The van der Waals surface area contributed by atoms with Gasteiger partial charge in [-0.15, -0.1) is 0 Å². The number of nitrogens with zero attached hydrogens (tertiary/aromatic N) is 3. The van der Waals surface area contributed by atoms with E-state index < -0.39 is 11.7 Å². The molecule has 2 aromatic carbocycles. The van der Waals surface area contributed by atoms with Crippen molar-refractivity contribution < 1.29 is 9.90 Å². The molecule has 0 aliphatic heterocycles. The maximum absolute atomic E-state index is 13.0. The molecule has 0 radical (unpaired) electrons. The van der Waals surface area contributed by atoms with Crippen LogP contribution < -0.4 is 11.0 Å². The van der Waals surface area contributed by atoms with Crippen LogP contribution in [0.2, 0.25) is 0 Å². The molecule has 0 amide bonds. The van der Waals surface area contributed by atoms with Gasteiger partial charge in [-0.05, 0) is 36.1 Å². The number of nitrogens with one attached hydrogen (secondary N) is 2. The van der Waals surface area contributed by atoms with Crippen molar-refractivity contribution in [1.29, 1.82) is 0 Å². The Labute approximate surface area is 212 Å². The van der Waals surface area contributed by atoms with E-state index in [4.69, 9.17) is 17.3 Å². The van der Waals surface area contributed by atoms with Crippen molar-refractivity contribution in [2.75, 3.05) is 11.9 Å². The van der Waals surface area contributed by atoms with Gasteiger partial charge >= 0.3 is 11.7 Å². The molecule has 8 nitrogen and oxygen atoms in total. The Balaban J connectivity index is 1.71. The Morgan fingerprint density at radius 3 is 2.31 bits per heavy atom. The third kappa shape index (κ3) is 4.48. The Bertz CT molecular complexity index is 1600. The molecule has 9 heteroatoms. The zero-order chi connectivity index (χ0) is 25.4. The van der Waals surface area contributed by atoms with Crippen molar-refractivity contribution in [1.82, 2.24) is 19.5 Å². The average Bonchev–Trinajstić information content (AvgIpc) is 2.99. The fourth-order valence-corrected chi connectivity index (χ4v) is 4.73. The third-order valence-corrected chi connectivity index (χ3v) is 6.45. The molecule has 180 valence electrons. The molecular formula is C27H23N5O3S. The fourth-order valence-electron chi connectivity index (χ4n) is 4.47. The monoisotopic (exact) mass is 497 g/mol. The lowest BCUT2D eigenvalue weighted by Crippen LogP contribution is -2.25. The lowest BCUT2D eigenvalue weighted by Gasteiger charge is -2.22. The first-order chi connectivity index (χ1) is 17.3. The van der Waals surface area contributed by atoms with Crippen LogP contribution >= 0.6 is 12.2 Å². The Hall–Kier alpha value is -4.37. The van der Waals surface area contributed by atoms with E-state index in [1.54, 1.807) is 12.3 Å². The second kappa shape index (κ2) is 9.35. The molecule has 0 unspecified atom stereocenters. The zero-order valence-electron chi connectivity index (χ0n) is 19.6. The summed E-state index contributed by atoms with van der Waals surface area (Å²) in [5.41, 5.74) is 6.93. The number of anilines is 1. The normalized spacial score (nSPS) is 12.5. The minimum absolute atomic E-state index is 0.103. The molecule has 0 bridgehead atoms. The summed E-state index contributed by atoms with van der Waals surface area (Å²) in [5.74, 6) is -0.883. The van der Waals surface area contributed by atoms with Gasteiger partial charge < -0.3 is 10.4 Å². The molecule has 0 saturated heterocycles. The summed E-state index contributed by atoms with van der Waals surface area (Å²) in [6.45, 7) is 3.77. The quantitative estimate of drug-likeness (QED) is 0.307. The maximum Gasteiger partial charge on any atom is 0.332 e. The van der Waals surface area contributed by atoms with E-state index in [1.165, 1.54) is 10.8 Å². The zero-order valence-corrected chi connectivity index (χ0v) is 20.5. The van der Waals surface area contributed by atoms with Crippen molar-refractivity contribution in [3.63, 3.8) is 0 Å². The molecule has 2 heterocycles. The van der Waals surface area contributed by atoms with Crippen LogP contribution in [0, 0.1) is 18.5 Å². The van der Waals surface area contributed by atoms with Gasteiger partial charge in [0.25, 0.3) is 0 Å². The molecule has 0 fully saturated rings. The highest BCUT2D eigenvalue weighted by molar-refractivity contribution is 7.71. The summed E-state index contributed by atoms with van der Waals surface area (Å²) in [6.07, 6.45) is 7.42. The number of rotatable bonds is 5. The van der Waals surface area contributed by atoms with Crippen molar-refractivity contribution in [2.24, 2.45) is 0 Å². The van der Waals surface area contributed by atoms with Crippen molar-refractivity contribution >= 4 is 36.3 Å². The number of hydrogen-bond acceptors (Lipinski definition) is 6. The minimum atomic E-state index is -1.04. The molecular weight excluding hydrogens is 474 g/mol. The van der Waals surface area contributed by atoms with Gasteiger partial charge in [0, 0.05) is 29.9 Å². The van der Waals surface area contributed by atoms with Crippen LogP contribution in [-0.4, -0.2) is 37.1 Å². The third-order valence-electron chi connectivity index (χ3n) is 6.12. The van der Waals surface area contributed by atoms with Gasteiger partial charge in [-0.2, -0.15) is 4.98 Å². The highest BCUT2D eigenvalue weighted by Gasteiger charge is 2.26. The average molecular weight is 498 g/mol. The topological polar surface area (TPSA) is 113 Å². The van der Waals surface area contributed by atoms with Gasteiger partial charge in [-0.1, -0.05) is 71.9 Å². The first kappa shape index (κ1) is 23.4. The lowest BCUT2D eigenvalue weighted by molar-refractivity contribution is -0.134. The second-order valence-corrected chi connectivity index (χ2v) is 9.14. The Kier molecular flexibility index (Phi) is 6.07. The van der Waals surface area contributed by atoms with Crippen molar-refractivity contribution in [3.8, 4) is 5.82 Å². The highest BCUT2D eigenvalue weighted by Crippen LogP contribution is 2.40. The molecule has 5 rings (SSSR count). The maximum atomic E-state index is 13.0. The van der Waals surface area contributed by atoms with Crippen LogP contribution in [0.3, 0.4) is 0 Å². The molecule has 4 aromatic rings. The van der Waals surface area contributed by atoms with Crippen molar-refractivity contribution in [2.45, 2.75) is 19.8 Å².